The summed E-state index contributed by atoms with van der Waals surface area (Å²) < 4.78 is 4.67. The largest absolute Gasteiger partial charge is 0.467 e. The number of fused-ring (bicyclic) bond motifs is 1. The first-order valence-corrected chi connectivity index (χ1v) is 7.91. The van der Waals surface area contributed by atoms with Gasteiger partial charge in [0.2, 0.25) is 0 Å². The fourth-order valence-corrected chi connectivity index (χ4v) is 3.42. The number of carboxylic acid groups (broad SMARTS) is 1. The van der Waals surface area contributed by atoms with Crippen LogP contribution < -0.4 is 0 Å². The number of esters is 1. The number of methoxy groups -OCH3 is 1. The van der Waals surface area contributed by atoms with Crippen LogP contribution in [0.15, 0.2) is 18.2 Å². The SMILES string of the molecule is C=CCON(C(=O)Cl)C1CN(C(=O)O)C(C(=O)OC)c2ncsc21. The monoisotopic (exact) mass is 375 g/mol. The number of ether oxygens (including phenoxy) is 1. The van der Waals surface area contributed by atoms with E-state index in [1.807, 2.05) is 0 Å². The number of nitrogens with zero attached hydrogens (tertiary/aromatic N) is 3. The second-order valence-electron chi connectivity index (χ2n) is 4.64. The number of halogens is 1. The molecule has 0 spiro atoms. The average molecular weight is 376 g/mol. The molecule has 0 aromatic carbocycles. The van der Waals surface area contributed by atoms with E-state index < -0.39 is 29.5 Å². The van der Waals surface area contributed by atoms with Crippen molar-refractivity contribution in [3.8, 4) is 0 Å². The lowest BCUT2D eigenvalue weighted by atomic mass is 10.0. The molecule has 0 bridgehead atoms. The van der Waals surface area contributed by atoms with Crippen LogP contribution >= 0.6 is 22.9 Å². The van der Waals surface area contributed by atoms with Crippen molar-refractivity contribution in [3.05, 3.63) is 28.7 Å². The molecule has 1 aliphatic heterocycles. The third kappa shape index (κ3) is 3.35. The molecule has 1 aromatic heterocycles. The Kier molecular flexibility index (Phi) is 5.75. The maximum absolute atomic E-state index is 12.0. The standard InChI is InChI=1S/C13H14ClN3O6S/c1-3-4-23-17(12(14)19)7-5-16(13(20)21)9(11(18)22-2)8-10(7)24-6-15-8/h3,6-7,9H,1,4-5H2,2H3,(H,20,21). The molecule has 11 heteroatoms. The molecule has 24 heavy (non-hydrogen) atoms. The Morgan fingerprint density at radius 2 is 2.33 bits per heavy atom. The summed E-state index contributed by atoms with van der Waals surface area (Å²) in [6, 6.07) is -2.05. The molecular formula is C13H14ClN3O6S. The minimum absolute atomic E-state index is 0.00337. The van der Waals surface area contributed by atoms with Crippen molar-refractivity contribution >= 4 is 40.4 Å². The van der Waals surface area contributed by atoms with Gasteiger partial charge in [0.15, 0.2) is 6.04 Å². The van der Waals surface area contributed by atoms with Crippen LogP contribution in [0.25, 0.3) is 0 Å². The van der Waals surface area contributed by atoms with E-state index in [0.717, 1.165) is 28.4 Å². The number of hydrogen-bond donors (Lipinski definition) is 1. The van der Waals surface area contributed by atoms with Gasteiger partial charge in [-0.1, -0.05) is 6.08 Å². The molecule has 0 saturated carbocycles. The van der Waals surface area contributed by atoms with Gasteiger partial charge in [0, 0.05) is 0 Å². The van der Waals surface area contributed by atoms with Gasteiger partial charge in [0.25, 0.3) is 0 Å². The van der Waals surface area contributed by atoms with Gasteiger partial charge in [-0.25, -0.2) is 14.6 Å². The average Bonchev–Trinajstić information content (AvgIpc) is 3.02. The van der Waals surface area contributed by atoms with Gasteiger partial charge < -0.3 is 9.84 Å². The lowest BCUT2D eigenvalue weighted by Crippen LogP contribution is -2.49. The van der Waals surface area contributed by atoms with Gasteiger partial charge in [0.1, 0.15) is 6.04 Å². The predicted molar refractivity (Wildman–Crippen MR) is 83.6 cm³/mol. The van der Waals surface area contributed by atoms with E-state index >= 15 is 0 Å². The first-order valence-electron chi connectivity index (χ1n) is 6.65. The van der Waals surface area contributed by atoms with E-state index in [0.29, 0.717) is 4.88 Å². The molecule has 0 saturated heterocycles. The highest BCUT2D eigenvalue weighted by atomic mass is 35.5. The summed E-state index contributed by atoms with van der Waals surface area (Å²) in [6.07, 6.45) is 0.0508. The van der Waals surface area contributed by atoms with Crippen molar-refractivity contribution in [3.63, 3.8) is 0 Å². The van der Waals surface area contributed by atoms with Gasteiger partial charge in [-0.05, 0) is 11.6 Å². The lowest BCUT2D eigenvalue weighted by Gasteiger charge is -2.38. The lowest BCUT2D eigenvalue weighted by molar-refractivity contribution is -0.153. The zero-order valence-electron chi connectivity index (χ0n) is 12.5. The molecule has 1 aliphatic rings. The Labute approximate surface area is 146 Å². The molecule has 2 rings (SSSR count). The summed E-state index contributed by atoms with van der Waals surface area (Å²) in [4.78, 5) is 45.9. The number of hydrogen-bond acceptors (Lipinski definition) is 7. The molecule has 1 aromatic rings. The van der Waals surface area contributed by atoms with Gasteiger partial charge in [-0.3, -0.25) is 14.5 Å². The summed E-state index contributed by atoms with van der Waals surface area (Å²) >= 11 is 6.72. The number of hydroxylamine groups is 2. The normalized spacial score (nSPS) is 19.3. The first kappa shape index (κ1) is 18.2. The number of amides is 2. The zero-order valence-corrected chi connectivity index (χ0v) is 14.1. The van der Waals surface area contributed by atoms with Gasteiger partial charge in [-0.15, -0.1) is 17.9 Å². The summed E-state index contributed by atoms with van der Waals surface area (Å²) in [6.45, 7) is 3.25. The Bertz CT molecular complexity index is 666. The molecular weight excluding hydrogens is 362 g/mol. The quantitative estimate of drug-likeness (QED) is 0.276. The highest BCUT2D eigenvalue weighted by Crippen LogP contribution is 2.40. The smallest absolute Gasteiger partial charge is 0.408 e. The number of thiazole rings is 1. The molecule has 2 heterocycles. The Morgan fingerprint density at radius 3 is 2.88 bits per heavy atom. The third-order valence-corrected chi connectivity index (χ3v) is 4.44. The molecule has 1 N–H and O–H groups in total. The predicted octanol–water partition coefficient (Wildman–Crippen LogP) is 2.17. The van der Waals surface area contributed by atoms with Crippen molar-refractivity contribution in [2.75, 3.05) is 20.3 Å². The van der Waals surface area contributed by atoms with Gasteiger partial charge in [0.05, 0.1) is 36.3 Å². The topological polar surface area (TPSA) is 109 Å². The number of aromatic nitrogens is 1. The molecule has 2 amide bonds. The van der Waals surface area contributed by atoms with Crippen LogP contribution in [0.2, 0.25) is 0 Å². The maximum Gasteiger partial charge on any atom is 0.408 e. The maximum atomic E-state index is 12.0. The fourth-order valence-electron chi connectivity index (χ4n) is 2.36. The third-order valence-electron chi connectivity index (χ3n) is 3.32. The second-order valence-corrected chi connectivity index (χ2v) is 5.85. The van der Waals surface area contributed by atoms with Crippen LogP contribution in [0.5, 0.6) is 0 Å². The second kappa shape index (κ2) is 7.60. The molecule has 2 atom stereocenters. The van der Waals surface area contributed by atoms with E-state index in [9.17, 15) is 19.5 Å². The van der Waals surface area contributed by atoms with E-state index in [1.54, 1.807) is 0 Å². The van der Waals surface area contributed by atoms with Gasteiger partial charge >= 0.3 is 17.4 Å². The summed E-state index contributed by atoms with van der Waals surface area (Å²) in [5.41, 5.74) is 1.64. The number of rotatable bonds is 5. The molecule has 2 unspecified atom stereocenters. The Morgan fingerprint density at radius 1 is 1.62 bits per heavy atom. The van der Waals surface area contributed by atoms with Crippen LogP contribution in [0.3, 0.4) is 0 Å². The summed E-state index contributed by atoms with van der Waals surface area (Å²) in [7, 11) is 1.16. The van der Waals surface area contributed by atoms with E-state index in [2.05, 4.69) is 16.3 Å². The molecule has 0 radical (unpaired) electrons. The van der Waals surface area contributed by atoms with Crippen LogP contribution in [-0.4, -0.2) is 57.7 Å². The zero-order chi connectivity index (χ0) is 17.9. The van der Waals surface area contributed by atoms with Crippen molar-refractivity contribution in [2.24, 2.45) is 0 Å². The fraction of sp³-hybridized carbons (Fsp3) is 0.385. The van der Waals surface area contributed by atoms with Crippen LogP contribution in [0.4, 0.5) is 9.59 Å². The molecule has 0 fully saturated rings. The van der Waals surface area contributed by atoms with E-state index in [-0.39, 0.29) is 18.8 Å². The first-order chi connectivity index (χ1) is 11.4. The minimum Gasteiger partial charge on any atom is -0.467 e. The number of carbonyl (C=O) groups excluding carboxylic acids is 2. The molecule has 9 nitrogen and oxygen atoms in total. The van der Waals surface area contributed by atoms with Crippen molar-refractivity contribution in [1.82, 2.24) is 14.9 Å². The summed E-state index contributed by atoms with van der Waals surface area (Å²) in [5, 5.41) is 9.35. The van der Waals surface area contributed by atoms with Crippen LogP contribution in [-0.2, 0) is 14.4 Å². The van der Waals surface area contributed by atoms with E-state index in [1.165, 1.54) is 11.6 Å². The Hall–Kier alpha value is -2.17. The highest BCUT2D eigenvalue weighted by molar-refractivity contribution is 7.09. The van der Waals surface area contributed by atoms with Crippen molar-refractivity contribution < 1.29 is 29.1 Å². The van der Waals surface area contributed by atoms with E-state index in [4.69, 9.17) is 16.4 Å². The molecule has 130 valence electrons. The minimum atomic E-state index is -1.36. The van der Waals surface area contributed by atoms with Crippen molar-refractivity contribution in [2.45, 2.75) is 12.1 Å². The summed E-state index contributed by atoms with van der Waals surface area (Å²) in [5.74, 6) is -0.765. The van der Waals surface area contributed by atoms with Crippen LogP contribution in [0, 0.1) is 0 Å². The van der Waals surface area contributed by atoms with Gasteiger partial charge in [-0.2, -0.15) is 5.06 Å². The highest BCUT2D eigenvalue weighted by Gasteiger charge is 2.46. The number of carbonyl (C=O) groups is 3. The Balaban J connectivity index is 2.47. The van der Waals surface area contributed by atoms with Crippen LogP contribution in [0.1, 0.15) is 22.7 Å². The molecule has 0 aliphatic carbocycles. The van der Waals surface area contributed by atoms with Crippen molar-refractivity contribution in [1.29, 1.82) is 0 Å².